The summed E-state index contributed by atoms with van der Waals surface area (Å²) in [5.41, 5.74) is 1.27. The molecule has 19 heavy (non-hydrogen) atoms. The van der Waals surface area contributed by atoms with Gasteiger partial charge < -0.3 is 0 Å². The zero-order valence-corrected chi connectivity index (χ0v) is 11.1. The van der Waals surface area contributed by atoms with Gasteiger partial charge in [0.05, 0.1) is 0 Å². The van der Waals surface area contributed by atoms with Gasteiger partial charge in [-0.05, 0) is 11.5 Å². The van der Waals surface area contributed by atoms with Gasteiger partial charge in [-0.3, -0.25) is 0 Å². The minimum atomic E-state index is 1.26. The van der Waals surface area contributed by atoms with E-state index in [1.165, 1.54) is 26.0 Å². The SMILES string of the molecule is C1=C/C=C\[n+]2c(sc3c4ccccc4ccc32)C=C1. The van der Waals surface area contributed by atoms with Gasteiger partial charge in [0.25, 0.3) is 5.01 Å². The van der Waals surface area contributed by atoms with Crippen LogP contribution in [0.25, 0.3) is 33.3 Å². The summed E-state index contributed by atoms with van der Waals surface area (Å²) in [5, 5.41) is 3.89. The molecule has 1 aromatic heterocycles. The van der Waals surface area contributed by atoms with Gasteiger partial charge in [-0.15, -0.1) is 0 Å². The molecule has 0 spiro atoms. The summed E-state index contributed by atoms with van der Waals surface area (Å²) in [6.45, 7) is 0. The largest absolute Gasteiger partial charge is 0.268 e. The highest BCUT2D eigenvalue weighted by molar-refractivity contribution is 7.19. The highest BCUT2D eigenvalue weighted by Gasteiger charge is 2.18. The Labute approximate surface area is 115 Å². The van der Waals surface area contributed by atoms with Crippen molar-refractivity contribution < 1.29 is 4.57 Å². The first-order valence-corrected chi connectivity index (χ1v) is 7.12. The smallest absolute Gasteiger partial charge is 0.150 e. The van der Waals surface area contributed by atoms with Crippen molar-refractivity contribution in [2.45, 2.75) is 0 Å². The molecule has 1 aliphatic heterocycles. The molecule has 0 aliphatic carbocycles. The van der Waals surface area contributed by atoms with Crippen LogP contribution in [0.4, 0.5) is 0 Å². The van der Waals surface area contributed by atoms with Crippen LogP contribution in [0.3, 0.4) is 0 Å². The molecule has 4 rings (SSSR count). The van der Waals surface area contributed by atoms with Gasteiger partial charge in [0.15, 0.2) is 6.20 Å². The zero-order valence-electron chi connectivity index (χ0n) is 10.3. The van der Waals surface area contributed by atoms with E-state index >= 15 is 0 Å². The van der Waals surface area contributed by atoms with Crippen LogP contribution in [-0.2, 0) is 0 Å². The second kappa shape index (κ2) is 4.18. The average molecular weight is 262 g/mol. The molecule has 0 saturated heterocycles. The highest BCUT2D eigenvalue weighted by atomic mass is 32.1. The fourth-order valence-corrected chi connectivity index (χ4v) is 3.65. The Balaban J connectivity index is 2.16. The summed E-state index contributed by atoms with van der Waals surface area (Å²) in [4.78, 5) is 0. The molecule has 2 aromatic carbocycles. The Bertz CT molecular complexity index is 865. The van der Waals surface area contributed by atoms with Gasteiger partial charge >= 0.3 is 0 Å². The van der Waals surface area contributed by atoms with Gasteiger partial charge in [-0.2, -0.15) is 4.57 Å². The van der Waals surface area contributed by atoms with Crippen molar-refractivity contribution in [3.05, 3.63) is 65.7 Å². The number of fused-ring (bicyclic) bond motifs is 5. The molecule has 0 fully saturated rings. The molecule has 0 unspecified atom stereocenters. The van der Waals surface area contributed by atoms with E-state index in [9.17, 15) is 0 Å². The monoisotopic (exact) mass is 262 g/mol. The number of allylic oxidation sites excluding steroid dienone is 4. The normalized spacial score (nSPS) is 15.4. The minimum Gasteiger partial charge on any atom is -0.150 e. The maximum absolute atomic E-state index is 2.26. The fraction of sp³-hybridized carbons (Fsp3) is 0. The second-order valence-corrected chi connectivity index (χ2v) is 5.56. The van der Waals surface area contributed by atoms with Crippen molar-refractivity contribution in [1.29, 1.82) is 0 Å². The summed E-state index contributed by atoms with van der Waals surface area (Å²) < 4.78 is 3.61. The summed E-state index contributed by atoms with van der Waals surface area (Å²) >= 11 is 1.84. The van der Waals surface area contributed by atoms with E-state index in [0.29, 0.717) is 0 Å². The third kappa shape index (κ3) is 1.65. The average Bonchev–Trinajstić information content (AvgIpc) is 2.76. The maximum Gasteiger partial charge on any atom is 0.268 e. The highest BCUT2D eigenvalue weighted by Crippen LogP contribution is 2.30. The Morgan fingerprint density at radius 1 is 0.842 bits per heavy atom. The lowest BCUT2D eigenvalue weighted by Crippen LogP contribution is -2.27. The van der Waals surface area contributed by atoms with E-state index in [2.05, 4.69) is 77.5 Å². The van der Waals surface area contributed by atoms with Gasteiger partial charge in [-0.25, -0.2) is 0 Å². The zero-order chi connectivity index (χ0) is 12.7. The van der Waals surface area contributed by atoms with Crippen LogP contribution in [0.1, 0.15) is 5.01 Å². The summed E-state index contributed by atoms with van der Waals surface area (Å²) in [6.07, 6.45) is 12.6. The molecule has 1 nitrogen and oxygen atoms in total. The van der Waals surface area contributed by atoms with E-state index in [1.807, 2.05) is 11.3 Å². The van der Waals surface area contributed by atoms with Crippen LogP contribution in [0.5, 0.6) is 0 Å². The van der Waals surface area contributed by atoms with Crippen molar-refractivity contribution in [1.82, 2.24) is 0 Å². The van der Waals surface area contributed by atoms with E-state index in [0.717, 1.165) is 0 Å². The van der Waals surface area contributed by atoms with E-state index in [-0.39, 0.29) is 0 Å². The van der Waals surface area contributed by atoms with Crippen molar-refractivity contribution in [2.24, 2.45) is 0 Å². The van der Waals surface area contributed by atoms with E-state index < -0.39 is 0 Å². The summed E-state index contributed by atoms with van der Waals surface area (Å²) in [6, 6.07) is 13.0. The lowest BCUT2D eigenvalue weighted by atomic mass is 10.1. The molecule has 0 N–H and O–H groups in total. The van der Waals surface area contributed by atoms with Gasteiger partial charge in [0, 0.05) is 23.6 Å². The number of rotatable bonds is 0. The molecule has 0 atom stereocenters. The number of benzene rings is 2. The Kier molecular flexibility index (Phi) is 2.35. The number of aromatic nitrogens is 1. The third-order valence-corrected chi connectivity index (χ3v) is 4.54. The maximum atomic E-state index is 2.26. The van der Waals surface area contributed by atoms with Crippen LogP contribution >= 0.6 is 11.3 Å². The van der Waals surface area contributed by atoms with Crippen LogP contribution < -0.4 is 4.57 Å². The Hall–Kier alpha value is -2.19. The minimum absolute atomic E-state index is 1.26. The quantitative estimate of drug-likeness (QED) is 0.529. The van der Waals surface area contributed by atoms with Gasteiger partial charge in [0.2, 0.25) is 5.52 Å². The van der Waals surface area contributed by atoms with Gasteiger partial charge in [-0.1, -0.05) is 53.8 Å². The molecule has 0 saturated carbocycles. The Morgan fingerprint density at radius 3 is 2.74 bits per heavy atom. The Morgan fingerprint density at radius 2 is 1.74 bits per heavy atom. The first-order chi connectivity index (χ1) is 9.43. The van der Waals surface area contributed by atoms with Crippen LogP contribution in [0, 0.1) is 0 Å². The lowest BCUT2D eigenvalue weighted by molar-refractivity contribution is -0.535. The van der Waals surface area contributed by atoms with E-state index in [1.54, 1.807) is 0 Å². The molecule has 2 heteroatoms. The van der Waals surface area contributed by atoms with Crippen molar-refractivity contribution in [3.63, 3.8) is 0 Å². The summed E-state index contributed by atoms with van der Waals surface area (Å²) in [7, 11) is 0. The number of nitrogens with zero attached hydrogens (tertiary/aromatic N) is 1. The molecule has 3 aromatic rings. The molecule has 0 bridgehead atoms. The lowest BCUT2D eigenvalue weighted by Gasteiger charge is -1.95. The van der Waals surface area contributed by atoms with Crippen LogP contribution in [-0.4, -0.2) is 0 Å². The van der Waals surface area contributed by atoms with E-state index in [4.69, 9.17) is 0 Å². The summed E-state index contributed by atoms with van der Waals surface area (Å²) in [5.74, 6) is 0. The van der Waals surface area contributed by atoms with Crippen LogP contribution in [0.2, 0.25) is 0 Å². The predicted molar refractivity (Wildman–Crippen MR) is 83.0 cm³/mol. The van der Waals surface area contributed by atoms with Crippen LogP contribution in [0.15, 0.2) is 60.7 Å². The topological polar surface area (TPSA) is 3.88 Å². The second-order valence-electron chi connectivity index (χ2n) is 4.53. The van der Waals surface area contributed by atoms with Crippen molar-refractivity contribution >= 4 is 44.6 Å². The number of thiazole rings is 1. The van der Waals surface area contributed by atoms with Crippen molar-refractivity contribution in [2.75, 3.05) is 0 Å². The third-order valence-electron chi connectivity index (χ3n) is 3.37. The number of hydrogen-bond donors (Lipinski definition) is 0. The number of hydrogen-bond acceptors (Lipinski definition) is 1. The molecule has 2 heterocycles. The molecule has 0 amide bonds. The van der Waals surface area contributed by atoms with Gasteiger partial charge in [0.1, 0.15) is 4.70 Å². The molecular formula is C17H12NS+. The van der Waals surface area contributed by atoms with Crippen molar-refractivity contribution in [3.8, 4) is 0 Å². The predicted octanol–water partition coefficient (Wildman–Crippen LogP) is 4.40. The molecular weight excluding hydrogens is 250 g/mol. The molecule has 90 valence electrons. The fourth-order valence-electron chi connectivity index (χ4n) is 2.47. The molecule has 0 radical (unpaired) electrons. The molecule has 1 aliphatic rings. The first-order valence-electron chi connectivity index (χ1n) is 6.31. The first kappa shape index (κ1) is 10.7. The standard InChI is InChI=1S/C17H12NS/c1-2-6-12-18-15-11-10-13-7-4-5-8-14(13)17(15)19-16(18)9-3-1/h1-12H/q+1/b2-1?,3-1?,6-2?,9-3?,12-6-,16-9?,18-12?.